The summed E-state index contributed by atoms with van der Waals surface area (Å²) in [6.07, 6.45) is 7.27. The number of nitrogens with one attached hydrogen (secondary N) is 1. The van der Waals surface area contributed by atoms with Crippen molar-refractivity contribution in [3.8, 4) is 0 Å². The number of benzene rings is 1. The monoisotopic (exact) mass is 300 g/mol. The summed E-state index contributed by atoms with van der Waals surface area (Å²) in [4.78, 5) is 26.0. The zero-order valence-electron chi connectivity index (χ0n) is 13.1. The second kappa shape index (κ2) is 6.95. The number of rotatable bonds is 4. The molecule has 22 heavy (non-hydrogen) atoms. The molecule has 1 aromatic carbocycles. The molecule has 118 valence electrons. The molecule has 1 aliphatic heterocycles. The van der Waals surface area contributed by atoms with Crippen molar-refractivity contribution in [1.29, 1.82) is 0 Å². The van der Waals surface area contributed by atoms with Gasteiger partial charge >= 0.3 is 0 Å². The zero-order valence-corrected chi connectivity index (χ0v) is 13.1. The van der Waals surface area contributed by atoms with Crippen LogP contribution in [-0.2, 0) is 17.6 Å². The van der Waals surface area contributed by atoms with E-state index in [4.69, 9.17) is 0 Å². The highest BCUT2D eigenvalue weighted by Crippen LogP contribution is 2.22. The lowest BCUT2D eigenvalue weighted by Crippen LogP contribution is -2.32. The summed E-state index contributed by atoms with van der Waals surface area (Å²) in [5.74, 6) is 0.0887. The summed E-state index contributed by atoms with van der Waals surface area (Å²) in [6, 6.07) is 6.01. The molecule has 1 aromatic rings. The average Bonchev–Trinajstić information content (AvgIpc) is 3.08. The molecule has 0 spiro atoms. The van der Waals surface area contributed by atoms with Gasteiger partial charge in [-0.25, -0.2) is 0 Å². The van der Waals surface area contributed by atoms with Gasteiger partial charge in [-0.15, -0.1) is 0 Å². The predicted molar refractivity (Wildman–Crippen MR) is 85.8 cm³/mol. The van der Waals surface area contributed by atoms with Gasteiger partial charge in [-0.05, 0) is 61.8 Å². The zero-order chi connectivity index (χ0) is 15.4. The first-order valence-electron chi connectivity index (χ1n) is 8.42. The Bertz CT molecular complexity index is 562. The van der Waals surface area contributed by atoms with E-state index in [1.807, 2.05) is 17.0 Å². The summed E-state index contributed by atoms with van der Waals surface area (Å²) in [6.45, 7) is 2.17. The molecule has 0 aromatic heterocycles. The molecule has 4 nitrogen and oxygen atoms in total. The lowest BCUT2D eigenvalue weighted by atomic mass is 9.90. The molecule has 0 atom stereocenters. The van der Waals surface area contributed by atoms with E-state index in [1.54, 1.807) is 0 Å². The standard InChI is InChI=1S/C18H24N2O2/c21-17(20-11-3-4-12-20)9-10-19-18(22)16-8-7-14-5-1-2-6-15(14)13-16/h7-8,13H,1-6,9-12H2,(H,19,22). The van der Waals surface area contributed by atoms with Gasteiger partial charge in [0.25, 0.3) is 5.91 Å². The lowest BCUT2D eigenvalue weighted by molar-refractivity contribution is -0.129. The minimum absolute atomic E-state index is 0.0670. The number of hydrogen-bond acceptors (Lipinski definition) is 2. The summed E-state index contributed by atoms with van der Waals surface area (Å²) in [7, 11) is 0. The molecule has 1 aliphatic carbocycles. The van der Waals surface area contributed by atoms with Gasteiger partial charge < -0.3 is 10.2 Å². The largest absolute Gasteiger partial charge is 0.352 e. The molecule has 1 fully saturated rings. The normalized spacial score (nSPS) is 17.2. The fourth-order valence-corrected chi connectivity index (χ4v) is 3.38. The molecule has 0 radical (unpaired) electrons. The Labute approximate surface area is 131 Å². The number of carbonyl (C=O) groups is 2. The number of likely N-dealkylation sites (tertiary alicyclic amines) is 1. The van der Waals surface area contributed by atoms with E-state index in [1.165, 1.54) is 24.0 Å². The minimum Gasteiger partial charge on any atom is -0.352 e. The highest BCUT2D eigenvalue weighted by Gasteiger charge is 2.18. The maximum Gasteiger partial charge on any atom is 0.251 e. The van der Waals surface area contributed by atoms with E-state index in [2.05, 4.69) is 11.4 Å². The summed E-state index contributed by atoms with van der Waals surface area (Å²) < 4.78 is 0. The van der Waals surface area contributed by atoms with Gasteiger partial charge in [0.2, 0.25) is 5.91 Å². The first-order chi connectivity index (χ1) is 10.7. The summed E-state index contributed by atoms with van der Waals surface area (Å²) in [5.41, 5.74) is 3.41. The Balaban J connectivity index is 1.50. The SMILES string of the molecule is O=C(NCCC(=O)N1CCCC1)c1ccc2c(c1)CCCC2. The van der Waals surface area contributed by atoms with Gasteiger partial charge in [0.15, 0.2) is 0 Å². The Morgan fingerprint density at radius 2 is 1.73 bits per heavy atom. The number of aryl methyl sites for hydroxylation is 2. The highest BCUT2D eigenvalue weighted by molar-refractivity contribution is 5.94. The van der Waals surface area contributed by atoms with Gasteiger partial charge in [0, 0.05) is 31.6 Å². The Kier molecular flexibility index (Phi) is 4.76. The van der Waals surface area contributed by atoms with Crippen LogP contribution in [0.3, 0.4) is 0 Å². The van der Waals surface area contributed by atoms with Crippen molar-refractivity contribution >= 4 is 11.8 Å². The topological polar surface area (TPSA) is 49.4 Å². The van der Waals surface area contributed by atoms with Crippen LogP contribution in [0.2, 0.25) is 0 Å². The first kappa shape index (κ1) is 15.1. The maximum absolute atomic E-state index is 12.2. The number of hydrogen-bond donors (Lipinski definition) is 1. The van der Waals surface area contributed by atoms with Crippen molar-refractivity contribution in [2.75, 3.05) is 19.6 Å². The van der Waals surface area contributed by atoms with Gasteiger partial charge in [0.1, 0.15) is 0 Å². The third kappa shape index (κ3) is 3.49. The third-order valence-corrected chi connectivity index (χ3v) is 4.69. The van der Waals surface area contributed by atoms with E-state index in [-0.39, 0.29) is 11.8 Å². The van der Waals surface area contributed by atoms with Crippen molar-refractivity contribution in [3.63, 3.8) is 0 Å². The second-order valence-electron chi connectivity index (χ2n) is 6.28. The first-order valence-corrected chi connectivity index (χ1v) is 8.42. The highest BCUT2D eigenvalue weighted by atomic mass is 16.2. The number of carbonyl (C=O) groups excluding carboxylic acids is 2. The van der Waals surface area contributed by atoms with E-state index >= 15 is 0 Å². The number of nitrogens with zero attached hydrogens (tertiary/aromatic N) is 1. The lowest BCUT2D eigenvalue weighted by Gasteiger charge is -2.17. The van der Waals surface area contributed by atoms with E-state index in [0.717, 1.165) is 38.8 Å². The molecule has 2 aliphatic rings. The van der Waals surface area contributed by atoms with Gasteiger partial charge in [-0.3, -0.25) is 9.59 Å². The van der Waals surface area contributed by atoms with Crippen LogP contribution >= 0.6 is 0 Å². The second-order valence-corrected chi connectivity index (χ2v) is 6.28. The molecule has 2 amide bonds. The summed E-state index contributed by atoms with van der Waals surface area (Å²) in [5, 5.41) is 2.87. The van der Waals surface area contributed by atoms with E-state index in [0.29, 0.717) is 18.5 Å². The third-order valence-electron chi connectivity index (χ3n) is 4.69. The van der Waals surface area contributed by atoms with Crippen molar-refractivity contribution in [3.05, 3.63) is 34.9 Å². The number of amides is 2. The van der Waals surface area contributed by atoms with Gasteiger partial charge in [-0.1, -0.05) is 6.07 Å². The fraction of sp³-hybridized carbons (Fsp3) is 0.556. The Morgan fingerprint density at radius 3 is 2.50 bits per heavy atom. The number of fused-ring (bicyclic) bond motifs is 1. The van der Waals surface area contributed by atoms with Crippen LogP contribution in [0.15, 0.2) is 18.2 Å². The Hall–Kier alpha value is -1.84. The van der Waals surface area contributed by atoms with Crippen molar-refractivity contribution < 1.29 is 9.59 Å². The van der Waals surface area contributed by atoms with E-state index in [9.17, 15) is 9.59 Å². The van der Waals surface area contributed by atoms with Crippen molar-refractivity contribution in [2.24, 2.45) is 0 Å². The molecule has 0 bridgehead atoms. The van der Waals surface area contributed by atoms with Crippen molar-refractivity contribution in [1.82, 2.24) is 10.2 Å². The maximum atomic E-state index is 12.2. The van der Waals surface area contributed by atoms with Crippen LogP contribution in [0.25, 0.3) is 0 Å². The van der Waals surface area contributed by atoms with Crippen LogP contribution in [0.1, 0.15) is 53.6 Å². The van der Waals surface area contributed by atoms with Crippen LogP contribution in [-0.4, -0.2) is 36.3 Å². The van der Waals surface area contributed by atoms with Crippen LogP contribution in [0.5, 0.6) is 0 Å². The quantitative estimate of drug-likeness (QED) is 0.927. The van der Waals surface area contributed by atoms with Gasteiger partial charge in [0.05, 0.1) is 0 Å². The van der Waals surface area contributed by atoms with Crippen molar-refractivity contribution in [2.45, 2.75) is 44.9 Å². The predicted octanol–water partition coefficient (Wildman–Crippen LogP) is 2.31. The molecule has 4 heteroatoms. The fourth-order valence-electron chi connectivity index (χ4n) is 3.38. The van der Waals surface area contributed by atoms with Gasteiger partial charge in [-0.2, -0.15) is 0 Å². The van der Waals surface area contributed by atoms with Crippen LogP contribution in [0, 0.1) is 0 Å². The minimum atomic E-state index is -0.0670. The molecule has 3 rings (SSSR count). The molecule has 1 N–H and O–H groups in total. The molecule has 1 saturated heterocycles. The Morgan fingerprint density at radius 1 is 1.00 bits per heavy atom. The molecule has 1 heterocycles. The smallest absolute Gasteiger partial charge is 0.251 e. The molecular formula is C18H24N2O2. The summed E-state index contributed by atoms with van der Waals surface area (Å²) >= 11 is 0. The van der Waals surface area contributed by atoms with E-state index < -0.39 is 0 Å². The van der Waals surface area contributed by atoms with Crippen LogP contribution < -0.4 is 5.32 Å². The molecular weight excluding hydrogens is 276 g/mol. The average molecular weight is 300 g/mol. The molecule has 0 unspecified atom stereocenters. The molecule has 0 saturated carbocycles. The van der Waals surface area contributed by atoms with Crippen LogP contribution in [0.4, 0.5) is 0 Å².